The third kappa shape index (κ3) is 5.56. The van der Waals surface area contributed by atoms with Crippen molar-refractivity contribution in [2.45, 2.75) is 31.1 Å². The highest BCUT2D eigenvalue weighted by Crippen LogP contribution is 2.26. The van der Waals surface area contributed by atoms with E-state index in [2.05, 4.69) is 0 Å². The highest BCUT2D eigenvalue weighted by Gasteiger charge is 2.37. The van der Waals surface area contributed by atoms with Crippen LogP contribution in [-0.2, 0) is 30.4 Å². The fourth-order valence-electron chi connectivity index (χ4n) is 3.18. The van der Waals surface area contributed by atoms with Crippen LogP contribution in [0.5, 0.6) is 0 Å². The molecule has 3 rings (SSSR count). The Labute approximate surface area is 171 Å². The molecule has 0 aromatic heterocycles. The second-order valence-electron chi connectivity index (χ2n) is 7.04. The third-order valence-corrected chi connectivity index (χ3v) is 6.11. The van der Waals surface area contributed by atoms with Gasteiger partial charge in [0.1, 0.15) is 12.8 Å². The fourth-order valence-corrected chi connectivity index (χ4v) is 4.16. The summed E-state index contributed by atoms with van der Waals surface area (Å²) >= 11 is 0. The number of methoxy groups -OCH3 is 1. The van der Waals surface area contributed by atoms with Gasteiger partial charge in [0.05, 0.1) is 11.5 Å². The molecule has 8 heteroatoms. The molecule has 156 valence electrons. The van der Waals surface area contributed by atoms with E-state index in [1.165, 1.54) is 24.1 Å². The maximum atomic E-state index is 12.5. The molecule has 0 bridgehead atoms. The van der Waals surface area contributed by atoms with Gasteiger partial charge in [-0.25, -0.2) is 4.79 Å². The van der Waals surface area contributed by atoms with Crippen LogP contribution in [0.3, 0.4) is 0 Å². The van der Waals surface area contributed by atoms with Crippen LogP contribution >= 0.6 is 0 Å². The van der Waals surface area contributed by atoms with Gasteiger partial charge in [0, 0.05) is 19.6 Å². The topological polar surface area (TPSA) is 82.1 Å². The van der Waals surface area contributed by atoms with E-state index in [1.807, 2.05) is 37.3 Å². The Hall–Kier alpha value is -2.42. The van der Waals surface area contributed by atoms with Crippen LogP contribution in [0.25, 0.3) is 0 Å². The monoisotopic (exact) mass is 419 g/mol. The first-order valence-electron chi connectivity index (χ1n) is 9.35. The van der Waals surface area contributed by atoms with Gasteiger partial charge in [-0.3, -0.25) is 9.08 Å². The summed E-state index contributed by atoms with van der Waals surface area (Å²) in [5, 5.41) is 0. The van der Waals surface area contributed by atoms with Gasteiger partial charge in [0.25, 0.3) is 10.1 Å². The molecule has 1 saturated heterocycles. The van der Waals surface area contributed by atoms with Crippen molar-refractivity contribution in [2.75, 3.05) is 20.3 Å². The minimum absolute atomic E-state index is 0.0292. The predicted octanol–water partition coefficient (Wildman–Crippen LogP) is 3.33. The van der Waals surface area contributed by atoms with Crippen LogP contribution in [0, 0.1) is 12.8 Å². The van der Waals surface area contributed by atoms with Gasteiger partial charge in [-0.2, -0.15) is 8.42 Å². The third-order valence-electron chi connectivity index (χ3n) is 4.82. The molecule has 1 aliphatic rings. The lowest BCUT2D eigenvalue weighted by molar-refractivity contribution is -0.00768. The first-order chi connectivity index (χ1) is 13.9. The summed E-state index contributed by atoms with van der Waals surface area (Å²) in [5.74, 6) is -0.176. The summed E-state index contributed by atoms with van der Waals surface area (Å²) in [6.07, 6.45) is -0.501. The quantitative estimate of drug-likeness (QED) is 0.640. The Balaban J connectivity index is 1.55. The summed E-state index contributed by atoms with van der Waals surface area (Å²) < 4.78 is 40.7. The van der Waals surface area contributed by atoms with Gasteiger partial charge in [-0.15, -0.1) is 0 Å². The molecule has 1 heterocycles. The maximum Gasteiger partial charge on any atom is 0.412 e. The standard InChI is InChI=1S/C21H25NO6S/c1-16-8-10-19(11-9-16)29(24,25)28-15-18-12-20(26-2)22(13-18)21(23)27-14-17-6-4-3-5-7-17/h3-11,18,20H,12-15H2,1-2H3/t18-,20+/m1/s1. The molecule has 0 saturated carbocycles. The SMILES string of the molecule is CO[C@H]1C[C@@H](COS(=O)(=O)c2ccc(C)cc2)CN1C(=O)OCc1ccccc1. The lowest BCUT2D eigenvalue weighted by Gasteiger charge is -2.22. The Morgan fingerprint density at radius 2 is 1.79 bits per heavy atom. The number of carbonyl (C=O) groups excluding carboxylic acids is 1. The molecular formula is C21H25NO6S. The number of ether oxygens (including phenoxy) is 2. The molecule has 2 aromatic carbocycles. The van der Waals surface area contributed by atoms with Crippen molar-refractivity contribution < 1.29 is 26.9 Å². The number of hydrogen-bond acceptors (Lipinski definition) is 6. The Kier molecular flexibility index (Phi) is 6.89. The van der Waals surface area contributed by atoms with Crippen molar-refractivity contribution in [3.8, 4) is 0 Å². The van der Waals surface area contributed by atoms with E-state index >= 15 is 0 Å². The lowest BCUT2D eigenvalue weighted by Crippen LogP contribution is -2.37. The number of carbonyl (C=O) groups is 1. The zero-order valence-electron chi connectivity index (χ0n) is 16.5. The molecule has 2 aromatic rings. The van der Waals surface area contributed by atoms with Crippen LogP contribution in [0.4, 0.5) is 4.79 Å². The van der Waals surface area contributed by atoms with Crippen LogP contribution in [0.15, 0.2) is 59.5 Å². The van der Waals surface area contributed by atoms with Crippen LogP contribution < -0.4 is 0 Å². The average molecular weight is 419 g/mol. The van der Waals surface area contributed by atoms with Gasteiger partial charge >= 0.3 is 6.09 Å². The molecule has 2 atom stereocenters. The molecule has 0 spiro atoms. The van der Waals surface area contributed by atoms with Gasteiger partial charge < -0.3 is 9.47 Å². The summed E-state index contributed by atoms with van der Waals surface area (Å²) in [7, 11) is -2.34. The zero-order valence-corrected chi connectivity index (χ0v) is 17.3. The number of amides is 1. The highest BCUT2D eigenvalue weighted by atomic mass is 32.2. The van der Waals surface area contributed by atoms with Crippen molar-refractivity contribution in [2.24, 2.45) is 5.92 Å². The van der Waals surface area contributed by atoms with E-state index < -0.39 is 22.4 Å². The molecule has 1 amide bonds. The van der Waals surface area contributed by atoms with Gasteiger partial charge in [-0.05, 0) is 31.0 Å². The smallest absolute Gasteiger partial charge is 0.412 e. The summed E-state index contributed by atoms with van der Waals surface area (Å²) in [6.45, 7) is 2.32. The number of benzene rings is 2. The van der Waals surface area contributed by atoms with E-state index in [9.17, 15) is 13.2 Å². The van der Waals surface area contributed by atoms with E-state index in [4.69, 9.17) is 13.7 Å². The first kappa shape index (κ1) is 21.3. The molecule has 0 N–H and O–H groups in total. The molecular weight excluding hydrogens is 394 g/mol. The summed E-state index contributed by atoms with van der Waals surface area (Å²) in [5.41, 5.74) is 1.85. The van der Waals surface area contributed by atoms with Crippen molar-refractivity contribution in [1.82, 2.24) is 4.90 Å². The molecule has 1 aliphatic heterocycles. The number of aryl methyl sites for hydroxylation is 1. The van der Waals surface area contributed by atoms with E-state index in [0.29, 0.717) is 13.0 Å². The second kappa shape index (κ2) is 9.39. The van der Waals surface area contributed by atoms with Crippen LogP contribution in [0.2, 0.25) is 0 Å². The minimum Gasteiger partial charge on any atom is -0.444 e. The summed E-state index contributed by atoms with van der Waals surface area (Å²) in [4.78, 5) is 14.0. The van der Waals surface area contributed by atoms with Crippen molar-refractivity contribution in [1.29, 1.82) is 0 Å². The minimum atomic E-state index is -3.85. The van der Waals surface area contributed by atoms with E-state index in [1.54, 1.807) is 12.1 Å². The van der Waals surface area contributed by atoms with Gasteiger partial charge in [0.15, 0.2) is 0 Å². The van der Waals surface area contributed by atoms with Crippen molar-refractivity contribution in [3.05, 3.63) is 65.7 Å². The first-order valence-corrected chi connectivity index (χ1v) is 10.8. The normalized spacial score (nSPS) is 19.3. The second-order valence-corrected chi connectivity index (χ2v) is 8.65. The van der Waals surface area contributed by atoms with E-state index in [0.717, 1.165) is 11.1 Å². The predicted molar refractivity (Wildman–Crippen MR) is 107 cm³/mol. The molecule has 1 fully saturated rings. The fraction of sp³-hybridized carbons (Fsp3) is 0.381. The Morgan fingerprint density at radius 1 is 1.10 bits per heavy atom. The van der Waals surface area contributed by atoms with Gasteiger partial charge in [0.2, 0.25) is 0 Å². The van der Waals surface area contributed by atoms with Crippen molar-refractivity contribution >= 4 is 16.2 Å². The van der Waals surface area contributed by atoms with Gasteiger partial charge in [-0.1, -0.05) is 48.0 Å². The Bertz CT molecular complexity index is 914. The molecule has 0 radical (unpaired) electrons. The molecule has 0 unspecified atom stereocenters. The number of hydrogen-bond donors (Lipinski definition) is 0. The molecule has 0 aliphatic carbocycles. The summed E-state index contributed by atoms with van der Waals surface area (Å²) in [6, 6.07) is 15.9. The zero-order chi connectivity index (χ0) is 20.9. The van der Waals surface area contributed by atoms with Crippen molar-refractivity contribution in [3.63, 3.8) is 0 Å². The van der Waals surface area contributed by atoms with Crippen LogP contribution in [-0.4, -0.2) is 45.9 Å². The number of nitrogens with zero attached hydrogens (tertiary/aromatic N) is 1. The van der Waals surface area contributed by atoms with E-state index in [-0.39, 0.29) is 24.0 Å². The molecule has 7 nitrogen and oxygen atoms in total. The average Bonchev–Trinajstić information content (AvgIpc) is 3.15. The molecule has 29 heavy (non-hydrogen) atoms. The highest BCUT2D eigenvalue weighted by molar-refractivity contribution is 7.86. The van der Waals surface area contributed by atoms with Crippen LogP contribution in [0.1, 0.15) is 17.5 Å². The number of rotatable bonds is 7. The lowest BCUT2D eigenvalue weighted by atomic mass is 10.1. The largest absolute Gasteiger partial charge is 0.444 e. The maximum absolute atomic E-state index is 12.5. The number of likely N-dealkylation sites (tertiary alicyclic amines) is 1. The Morgan fingerprint density at radius 3 is 2.45 bits per heavy atom.